The molecule has 0 unspecified atom stereocenters. The molecule has 0 aliphatic carbocycles. The topological polar surface area (TPSA) is 120 Å². The molecule has 0 radical (unpaired) electrons. The monoisotopic (exact) mass is 369 g/mol. The zero-order chi connectivity index (χ0) is 19.0. The summed E-state index contributed by atoms with van der Waals surface area (Å²) >= 11 is 0. The van der Waals surface area contributed by atoms with Crippen LogP contribution >= 0.6 is 0 Å². The maximum Gasteiger partial charge on any atom is 0.168 e. The molecule has 0 bridgehead atoms. The first-order chi connectivity index (χ1) is 13.0. The Kier molecular flexibility index (Phi) is 4.41. The Hall–Kier alpha value is -3.13. The summed E-state index contributed by atoms with van der Waals surface area (Å²) in [5, 5.41) is 21.4. The van der Waals surface area contributed by atoms with Crippen LogP contribution in [0.3, 0.4) is 0 Å². The minimum absolute atomic E-state index is 0.00841. The fourth-order valence-electron chi connectivity index (χ4n) is 3.28. The van der Waals surface area contributed by atoms with E-state index in [9.17, 15) is 9.50 Å². The Morgan fingerprint density at radius 1 is 1.41 bits per heavy atom. The van der Waals surface area contributed by atoms with Crippen LogP contribution in [0.15, 0.2) is 30.3 Å². The van der Waals surface area contributed by atoms with E-state index < -0.39 is 5.82 Å². The summed E-state index contributed by atoms with van der Waals surface area (Å²) in [6.45, 7) is 1.46. The predicted molar refractivity (Wildman–Crippen MR) is 101 cm³/mol. The molecule has 1 aliphatic heterocycles. The van der Waals surface area contributed by atoms with Gasteiger partial charge in [0.1, 0.15) is 24.1 Å². The van der Waals surface area contributed by atoms with Gasteiger partial charge in [-0.1, -0.05) is 6.07 Å². The van der Waals surface area contributed by atoms with Gasteiger partial charge in [0.25, 0.3) is 0 Å². The molecule has 1 atom stereocenters. The predicted octanol–water partition coefficient (Wildman–Crippen LogP) is 2.49. The highest BCUT2D eigenvalue weighted by Crippen LogP contribution is 2.36. The van der Waals surface area contributed by atoms with Gasteiger partial charge in [-0.15, -0.1) is 0 Å². The van der Waals surface area contributed by atoms with Crippen molar-refractivity contribution in [3.63, 3.8) is 0 Å². The highest BCUT2D eigenvalue weighted by molar-refractivity contribution is 5.98. The third kappa shape index (κ3) is 3.31. The lowest BCUT2D eigenvalue weighted by Gasteiger charge is -2.14. The largest absolute Gasteiger partial charge is 0.504 e. The van der Waals surface area contributed by atoms with E-state index in [1.807, 2.05) is 0 Å². The van der Waals surface area contributed by atoms with Crippen molar-refractivity contribution in [1.29, 1.82) is 5.41 Å². The fourth-order valence-corrected chi connectivity index (χ4v) is 3.28. The number of phenols is 1. The van der Waals surface area contributed by atoms with Crippen molar-refractivity contribution in [2.75, 3.05) is 13.2 Å². The van der Waals surface area contributed by atoms with E-state index in [2.05, 4.69) is 15.3 Å². The molecule has 27 heavy (non-hydrogen) atoms. The van der Waals surface area contributed by atoms with Crippen LogP contribution in [0.4, 0.5) is 4.39 Å². The van der Waals surface area contributed by atoms with E-state index in [4.69, 9.17) is 15.9 Å². The van der Waals surface area contributed by atoms with Gasteiger partial charge >= 0.3 is 0 Å². The Balaban J connectivity index is 1.66. The standard InChI is InChI=1S/C19H20FN5O2/c20-13-8-15-14(7-12(13)18(21)22)24-19(25-15)11-4-1-5-16(17(11)26)27-9-10-3-2-6-23-10/h1,4-5,7-8,10,23,26H,2-3,6,9H2,(H3,21,22)(H,24,25)/t10-/m1/s1. The number of aromatic hydroxyl groups is 1. The van der Waals surface area contributed by atoms with Crippen LogP contribution in [-0.2, 0) is 0 Å². The van der Waals surface area contributed by atoms with E-state index >= 15 is 0 Å². The first kappa shape index (κ1) is 17.3. The molecule has 1 fully saturated rings. The molecule has 2 aromatic carbocycles. The molecule has 6 N–H and O–H groups in total. The lowest BCUT2D eigenvalue weighted by atomic mass is 10.1. The van der Waals surface area contributed by atoms with Gasteiger partial charge in [-0.2, -0.15) is 0 Å². The third-order valence-corrected chi connectivity index (χ3v) is 4.72. The highest BCUT2D eigenvalue weighted by Gasteiger charge is 2.18. The molecule has 4 rings (SSSR count). The van der Waals surface area contributed by atoms with Crippen LogP contribution in [0, 0.1) is 11.2 Å². The van der Waals surface area contributed by atoms with Gasteiger partial charge < -0.3 is 25.9 Å². The number of amidine groups is 1. The summed E-state index contributed by atoms with van der Waals surface area (Å²) < 4.78 is 19.8. The van der Waals surface area contributed by atoms with Gasteiger partial charge in [-0.25, -0.2) is 9.37 Å². The van der Waals surface area contributed by atoms with Gasteiger partial charge in [0.05, 0.1) is 22.2 Å². The van der Waals surface area contributed by atoms with Crippen molar-refractivity contribution < 1.29 is 14.2 Å². The lowest BCUT2D eigenvalue weighted by molar-refractivity contribution is 0.265. The normalized spacial score (nSPS) is 16.7. The molecule has 1 aliphatic rings. The number of imidazole rings is 1. The van der Waals surface area contributed by atoms with Crippen molar-refractivity contribution in [2.45, 2.75) is 18.9 Å². The average Bonchev–Trinajstić information content (AvgIpc) is 3.29. The molecule has 2 heterocycles. The number of fused-ring (bicyclic) bond motifs is 1. The van der Waals surface area contributed by atoms with Crippen LogP contribution in [-0.4, -0.2) is 40.1 Å². The smallest absolute Gasteiger partial charge is 0.168 e. The van der Waals surface area contributed by atoms with E-state index in [1.165, 1.54) is 12.1 Å². The number of phenolic OH excluding ortho intramolecular Hbond substituents is 1. The Labute approximate surface area is 154 Å². The molecular formula is C19H20FN5O2. The number of nitrogens with zero attached hydrogens (tertiary/aromatic N) is 1. The van der Waals surface area contributed by atoms with E-state index in [0.717, 1.165) is 19.4 Å². The maximum absolute atomic E-state index is 14.0. The Morgan fingerprint density at radius 2 is 2.26 bits per heavy atom. The second-order valence-electron chi connectivity index (χ2n) is 6.60. The number of nitrogens with one attached hydrogen (secondary N) is 3. The number of nitrogens with two attached hydrogens (primary N) is 1. The Morgan fingerprint density at radius 3 is 3.00 bits per heavy atom. The van der Waals surface area contributed by atoms with Crippen LogP contribution in [0.1, 0.15) is 18.4 Å². The summed E-state index contributed by atoms with van der Waals surface area (Å²) in [6.07, 6.45) is 2.17. The second kappa shape index (κ2) is 6.88. The molecular weight excluding hydrogens is 349 g/mol. The van der Waals surface area contributed by atoms with Crippen molar-refractivity contribution >= 4 is 16.9 Å². The summed E-state index contributed by atoms with van der Waals surface area (Å²) in [7, 11) is 0. The van der Waals surface area contributed by atoms with Gasteiger partial charge in [-0.3, -0.25) is 5.41 Å². The quantitative estimate of drug-likeness (QED) is 0.350. The Bertz CT molecular complexity index is 1010. The van der Waals surface area contributed by atoms with E-state index in [-0.39, 0.29) is 23.2 Å². The van der Waals surface area contributed by atoms with Gasteiger partial charge in [0.2, 0.25) is 0 Å². The van der Waals surface area contributed by atoms with Gasteiger partial charge in [0, 0.05) is 12.1 Å². The van der Waals surface area contributed by atoms with Crippen molar-refractivity contribution in [2.24, 2.45) is 5.73 Å². The second-order valence-corrected chi connectivity index (χ2v) is 6.60. The van der Waals surface area contributed by atoms with E-state index in [0.29, 0.717) is 34.8 Å². The highest BCUT2D eigenvalue weighted by atomic mass is 19.1. The molecule has 1 aromatic heterocycles. The number of hydrogen-bond acceptors (Lipinski definition) is 5. The molecule has 7 nitrogen and oxygen atoms in total. The minimum Gasteiger partial charge on any atom is -0.504 e. The number of H-pyrrole nitrogens is 1. The minimum atomic E-state index is -0.601. The zero-order valence-electron chi connectivity index (χ0n) is 14.6. The number of halogens is 1. The van der Waals surface area contributed by atoms with Gasteiger partial charge in [-0.05, 0) is 37.6 Å². The first-order valence-electron chi connectivity index (χ1n) is 8.75. The molecule has 0 amide bonds. The number of para-hydroxylation sites is 1. The molecule has 0 saturated carbocycles. The van der Waals surface area contributed by atoms with Crippen molar-refractivity contribution in [3.8, 4) is 22.9 Å². The number of aromatic amines is 1. The lowest BCUT2D eigenvalue weighted by Crippen LogP contribution is -2.28. The van der Waals surface area contributed by atoms with E-state index in [1.54, 1.807) is 18.2 Å². The van der Waals surface area contributed by atoms with Crippen LogP contribution in [0.25, 0.3) is 22.4 Å². The fraction of sp³-hybridized carbons (Fsp3) is 0.263. The van der Waals surface area contributed by atoms with Crippen LogP contribution in [0.5, 0.6) is 11.5 Å². The summed E-state index contributed by atoms with van der Waals surface area (Å²) in [6, 6.07) is 8.11. The van der Waals surface area contributed by atoms with Crippen LogP contribution in [0.2, 0.25) is 0 Å². The zero-order valence-corrected chi connectivity index (χ0v) is 14.6. The number of rotatable bonds is 5. The number of hydrogen-bond donors (Lipinski definition) is 5. The summed E-state index contributed by atoms with van der Waals surface area (Å²) in [5.74, 6) is -0.237. The first-order valence-corrected chi connectivity index (χ1v) is 8.75. The van der Waals surface area contributed by atoms with Crippen molar-refractivity contribution in [3.05, 3.63) is 41.7 Å². The number of aromatic nitrogens is 2. The average molecular weight is 369 g/mol. The number of benzene rings is 2. The number of nitrogen functional groups attached to an aromatic ring is 1. The summed E-state index contributed by atoms with van der Waals surface area (Å²) in [4.78, 5) is 7.40. The van der Waals surface area contributed by atoms with Gasteiger partial charge in [0.15, 0.2) is 11.5 Å². The third-order valence-electron chi connectivity index (χ3n) is 4.72. The molecule has 8 heteroatoms. The van der Waals surface area contributed by atoms with Crippen LogP contribution < -0.4 is 15.8 Å². The molecule has 140 valence electrons. The maximum atomic E-state index is 14.0. The SMILES string of the molecule is N=C(N)c1cc2nc(-c3cccc(OC[C@H]4CCCN4)c3O)[nH]c2cc1F. The molecule has 1 saturated heterocycles. The number of ether oxygens (including phenoxy) is 1. The van der Waals surface area contributed by atoms with Crippen molar-refractivity contribution in [1.82, 2.24) is 15.3 Å². The summed E-state index contributed by atoms with van der Waals surface area (Å²) in [5.41, 5.74) is 6.75. The molecule has 0 spiro atoms. The molecule has 3 aromatic rings.